The minimum atomic E-state index is -0.752. The number of amides is 2. The molecule has 6 nitrogen and oxygen atoms in total. The first-order valence-corrected chi connectivity index (χ1v) is 10.7. The molecule has 2 amide bonds. The standard InChI is InChI=1S/C25H18ClFN4O2/c26-20-17-8-4-5-9-18(17)23-19(21(20)28)22(30-31(23)16-12-10-15(27)11-13-16)25(33)29-24(32)14-6-2-1-3-7-14/h1-13,20-21H,28H2,(H,29,32,33). The van der Waals surface area contributed by atoms with E-state index in [-0.39, 0.29) is 5.69 Å². The fraction of sp³-hybridized carbons (Fsp3) is 0.0800. The van der Waals surface area contributed by atoms with Crippen LogP contribution in [0.2, 0.25) is 0 Å². The van der Waals surface area contributed by atoms with Gasteiger partial charge in [0.15, 0.2) is 5.69 Å². The Bertz CT molecular complexity index is 1370. The Kier molecular flexibility index (Phi) is 5.28. The Hall–Kier alpha value is -3.81. The predicted molar refractivity (Wildman–Crippen MR) is 123 cm³/mol. The van der Waals surface area contributed by atoms with Crippen LogP contribution < -0.4 is 11.1 Å². The van der Waals surface area contributed by atoms with Crippen molar-refractivity contribution in [3.8, 4) is 16.9 Å². The molecule has 0 bridgehead atoms. The quantitative estimate of drug-likeness (QED) is 0.347. The van der Waals surface area contributed by atoms with Crippen molar-refractivity contribution < 1.29 is 14.0 Å². The number of imide groups is 1. The van der Waals surface area contributed by atoms with E-state index in [0.29, 0.717) is 22.5 Å². The first kappa shape index (κ1) is 21.1. The Morgan fingerprint density at radius 2 is 1.61 bits per heavy atom. The minimum Gasteiger partial charge on any atom is -0.322 e. The summed E-state index contributed by atoms with van der Waals surface area (Å²) in [4.78, 5) is 25.8. The van der Waals surface area contributed by atoms with Crippen molar-refractivity contribution in [1.29, 1.82) is 0 Å². The van der Waals surface area contributed by atoms with Crippen molar-refractivity contribution in [2.24, 2.45) is 5.73 Å². The van der Waals surface area contributed by atoms with Gasteiger partial charge in [-0.1, -0.05) is 42.5 Å². The number of benzene rings is 3. The lowest BCUT2D eigenvalue weighted by Gasteiger charge is -2.28. The second-order valence-corrected chi connectivity index (χ2v) is 8.13. The van der Waals surface area contributed by atoms with Crippen LogP contribution in [-0.2, 0) is 0 Å². The first-order chi connectivity index (χ1) is 16.0. The van der Waals surface area contributed by atoms with E-state index in [4.69, 9.17) is 17.3 Å². The lowest BCUT2D eigenvalue weighted by molar-refractivity contribution is 0.0845. The van der Waals surface area contributed by atoms with Crippen LogP contribution in [0.25, 0.3) is 16.9 Å². The summed E-state index contributed by atoms with van der Waals surface area (Å²) in [5, 5.41) is 6.30. The van der Waals surface area contributed by atoms with Crippen molar-refractivity contribution in [3.63, 3.8) is 0 Å². The van der Waals surface area contributed by atoms with E-state index in [0.717, 1.165) is 11.1 Å². The van der Waals surface area contributed by atoms with Gasteiger partial charge >= 0.3 is 0 Å². The second-order valence-electron chi connectivity index (χ2n) is 7.66. The van der Waals surface area contributed by atoms with Crippen LogP contribution in [0.4, 0.5) is 4.39 Å². The van der Waals surface area contributed by atoms with Gasteiger partial charge in [-0.2, -0.15) is 5.10 Å². The summed E-state index contributed by atoms with van der Waals surface area (Å²) in [7, 11) is 0. The molecular weight excluding hydrogens is 443 g/mol. The number of halogens is 2. The van der Waals surface area contributed by atoms with Gasteiger partial charge in [0.25, 0.3) is 11.8 Å². The molecule has 2 unspecified atom stereocenters. The van der Waals surface area contributed by atoms with E-state index in [1.807, 2.05) is 24.3 Å². The molecule has 1 aliphatic carbocycles. The molecule has 1 aromatic heterocycles. The molecule has 0 saturated carbocycles. The zero-order chi connectivity index (χ0) is 23.1. The summed E-state index contributed by atoms with van der Waals surface area (Å²) in [6, 6.07) is 20.8. The molecule has 3 aromatic carbocycles. The van der Waals surface area contributed by atoms with Gasteiger partial charge < -0.3 is 5.73 Å². The number of aromatic nitrogens is 2. The van der Waals surface area contributed by atoms with Crippen LogP contribution in [-0.4, -0.2) is 21.6 Å². The highest BCUT2D eigenvalue weighted by Crippen LogP contribution is 2.48. The highest BCUT2D eigenvalue weighted by Gasteiger charge is 2.38. The van der Waals surface area contributed by atoms with Gasteiger partial charge in [-0.25, -0.2) is 9.07 Å². The van der Waals surface area contributed by atoms with Crippen molar-refractivity contribution in [2.75, 3.05) is 0 Å². The Balaban J connectivity index is 1.66. The lowest BCUT2D eigenvalue weighted by atomic mass is 9.85. The molecule has 4 aromatic rings. The third-order valence-electron chi connectivity index (χ3n) is 5.63. The monoisotopic (exact) mass is 460 g/mol. The highest BCUT2D eigenvalue weighted by molar-refractivity contribution is 6.22. The van der Waals surface area contributed by atoms with Crippen LogP contribution >= 0.6 is 11.6 Å². The number of nitrogens with one attached hydrogen (secondary N) is 1. The maximum Gasteiger partial charge on any atom is 0.278 e. The fourth-order valence-electron chi connectivity index (χ4n) is 4.06. The third kappa shape index (κ3) is 3.61. The van der Waals surface area contributed by atoms with E-state index >= 15 is 0 Å². The SMILES string of the molecule is NC1c2c(C(=O)NC(=O)c3ccccc3)nn(-c3ccc(F)cc3)c2-c2ccccc2C1Cl. The molecule has 1 heterocycles. The van der Waals surface area contributed by atoms with Gasteiger partial charge in [-0.05, 0) is 42.0 Å². The molecular formula is C25H18ClFN4O2. The van der Waals surface area contributed by atoms with E-state index in [1.54, 1.807) is 42.5 Å². The number of rotatable bonds is 3. The Morgan fingerprint density at radius 1 is 0.939 bits per heavy atom. The average molecular weight is 461 g/mol. The second kappa shape index (κ2) is 8.27. The first-order valence-electron chi connectivity index (χ1n) is 10.2. The molecule has 0 spiro atoms. The fourth-order valence-corrected chi connectivity index (χ4v) is 4.38. The molecule has 3 N–H and O–H groups in total. The highest BCUT2D eigenvalue weighted by atomic mass is 35.5. The number of alkyl halides is 1. The summed E-state index contributed by atoms with van der Waals surface area (Å²) >= 11 is 6.67. The zero-order valence-electron chi connectivity index (χ0n) is 17.2. The van der Waals surface area contributed by atoms with Crippen LogP contribution in [0.5, 0.6) is 0 Å². The van der Waals surface area contributed by atoms with Crippen molar-refractivity contribution in [2.45, 2.75) is 11.4 Å². The lowest BCUT2D eigenvalue weighted by Crippen LogP contribution is -2.33. The number of carbonyl (C=O) groups is 2. The largest absolute Gasteiger partial charge is 0.322 e. The summed E-state index contributed by atoms with van der Waals surface area (Å²) in [6.45, 7) is 0. The molecule has 0 radical (unpaired) electrons. The normalized spacial score (nSPS) is 16.6. The smallest absolute Gasteiger partial charge is 0.278 e. The molecule has 8 heteroatoms. The third-order valence-corrected chi connectivity index (χ3v) is 6.14. The predicted octanol–water partition coefficient (Wildman–Crippen LogP) is 4.54. The Labute approximate surface area is 193 Å². The van der Waals surface area contributed by atoms with Crippen molar-refractivity contribution in [3.05, 3.63) is 107 Å². The maximum atomic E-state index is 13.6. The minimum absolute atomic E-state index is 0.00809. The van der Waals surface area contributed by atoms with Gasteiger partial charge in [0, 0.05) is 16.7 Å². The molecule has 0 fully saturated rings. The van der Waals surface area contributed by atoms with E-state index in [9.17, 15) is 14.0 Å². The van der Waals surface area contributed by atoms with Crippen molar-refractivity contribution >= 4 is 23.4 Å². The zero-order valence-corrected chi connectivity index (χ0v) is 18.0. The number of carbonyl (C=O) groups excluding carboxylic acids is 2. The van der Waals surface area contributed by atoms with Gasteiger partial charge in [0.1, 0.15) is 5.82 Å². The number of nitrogens with zero attached hydrogens (tertiary/aromatic N) is 2. The molecule has 0 saturated heterocycles. The molecule has 2 atom stereocenters. The molecule has 5 rings (SSSR count). The number of hydrogen-bond acceptors (Lipinski definition) is 4. The van der Waals surface area contributed by atoms with Gasteiger partial charge in [0.2, 0.25) is 0 Å². The van der Waals surface area contributed by atoms with E-state index in [1.165, 1.54) is 16.8 Å². The van der Waals surface area contributed by atoms with E-state index < -0.39 is 29.1 Å². The summed E-state index contributed by atoms with van der Waals surface area (Å²) in [5.74, 6) is -1.65. The number of fused-ring (bicyclic) bond motifs is 3. The summed E-state index contributed by atoms with van der Waals surface area (Å²) in [5.41, 5.74) is 9.93. The van der Waals surface area contributed by atoms with Gasteiger partial charge in [-0.3, -0.25) is 14.9 Å². The summed E-state index contributed by atoms with van der Waals surface area (Å²) in [6.07, 6.45) is 0. The molecule has 164 valence electrons. The average Bonchev–Trinajstić information content (AvgIpc) is 3.24. The Morgan fingerprint density at radius 3 is 2.33 bits per heavy atom. The topological polar surface area (TPSA) is 90.0 Å². The van der Waals surface area contributed by atoms with Gasteiger partial charge in [0.05, 0.1) is 22.8 Å². The van der Waals surface area contributed by atoms with Crippen LogP contribution in [0.15, 0.2) is 78.9 Å². The van der Waals surface area contributed by atoms with Gasteiger partial charge in [-0.15, -0.1) is 11.6 Å². The molecule has 0 aliphatic heterocycles. The van der Waals surface area contributed by atoms with E-state index in [2.05, 4.69) is 10.4 Å². The van der Waals surface area contributed by atoms with Crippen LogP contribution in [0.3, 0.4) is 0 Å². The van der Waals surface area contributed by atoms with Crippen LogP contribution in [0, 0.1) is 5.82 Å². The maximum absolute atomic E-state index is 13.6. The molecule has 33 heavy (non-hydrogen) atoms. The van der Waals surface area contributed by atoms with Crippen LogP contribution in [0.1, 0.15) is 43.4 Å². The number of nitrogens with two attached hydrogens (primary N) is 1. The molecule has 1 aliphatic rings. The van der Waals surface area contributed by atoms with Crippen molar-refractivity contribution in [1.82, 2.24) is 15.1 Å². The summed E-state index contributed by atoms with van der Waals surface area (Å²) < 4.78 is 15.1. The number of hydrogen-bond donors (Lipinski definition) is 2.